The summed E-state index contributed by atoms with van der Waals surface area (Å²) in [5, 5.41) is 9.21. The average molecular weight is 502 g/mol. The number of carbonyl (C=O) groups is 2. The first-order valence-electron chi connectivity index (χ1n) is 11.9. The molecule has 2 aromatic carbocycles. The van der Waals surface area contributed by atoms with Gasteiger partial charge in [0, 0.05) is 11.7 Å². The zero-order chi connectivity index (χ0) is 24.3. The van der Waals surface area contributed by atoms with Crippen molar-refractivity contribution in [3.8, 4) is 5.75 Å². The Kier molecular flexibility index (Phi) is 10.2. The summed E-state index contributed by atoms with van der Waals surface area (Å²) in [6.07, 6.45) is 8.54. The van der Waals surface area contributed by atoms with E-state index in [0.717, 1.165) is 44.9 Å². The third-order valence-electron chi connectivity index (χ3n) is 5.77. The van der Waals surface area contributed by atoms with Gasteiger partial charge in [-0.3, -0.25) is 14.9 Å². The summed E-state index contributed by atoms with van der Waals surface area (Å²) >= 11 is 11.6. The van der Waals surface area contributed by atoms with Gasteiger partial charge in [0.25, 0.3) is 11.8 Å². The number of unbranched alkanes of at least 4 members (excludes halogenated alkanes) is 2. The minimum Gasteiger partial charge on any atom is -0.493 e. The smallest absolute Gasteiger partial charge is 0.261 e. The number of hydrogen-bond donors (Lipinski definition) is 3. The van der Waals surface area contributed by atoms with Crippen molar-refractivity contribution in [3.05, 3.63) is 58.6 Å². The molecule has 0 atom stereocenters. The molecule has 1 aliphatic carbocycles. The van der Waals surface area contributed by atoms with Crippen LogP contribution in [0.25, 0.3) is 0 Å². The van der Waals surface area contributed by atoms with E-state index in [0.29, 0.717) is 34.2 Å². The molecule has 1 fully saturated rings. The fourth-order valence-corrected chi connectivity index (χ4v) is 4.35. The van der Waals surface area contributed by atoms with E-state index in [1.807, 2.05) is 6.07 Å². The maximum absolute atomic E-state index is 12.8. The predicted molar refractivity (Wildman–Crippen MR) is 141 cm³/mol. The molecule has 3 N–H and O–H groups in total. The molecule has 6 nitrogen and oxygen atoms in total. The Morgan fingerprint density at radius 2 is 1.79 bits per heavy atom. The Morgan fingerprint density at radius 3 is 2.56 bits per heavy atom. The molecule has 0 spiro atoms. The number of amides is 2. The minimum atomic E-state index is -0.368. The molecule has 8 heteroatoms. The standard InChI is InChI=1S/C26H32ClN3O3S/c1-2-3-9-16-33-23-13-8-7-12-20(23)24(31)30-26(34)29-19-14-15-22(27)21(17-19)25(32)28-18-10-5-4-6-11-18/h7-8,12-15,17-18H,2-6,9-11,16H2,1H3,(H,28,32)(H2,29,30,31,34). The average Bonchev–Trinajstić information content (AvgIpc) is 2.83. The number of para-hydroxylation sites is 1. The molecular formula is C26H32ClN3O3S. The van der Waals surface area contributed by atoms with Gasteiger partial charge in [-0.2, -0.15) is 0 Å². The third kappa shape index (κ3) is 7.71. The monoisotopic (exact) mass is 501 g/mol. The second-order valence-corrected chi connectivity index (χ2v) is 9.28. The lowest BCUT2D eigenvalue weighted by molar-refractivity contribution is 0.0926. The number of nitrogens with one attached hydrogen (secondary N) is 3. The molecule has 0 heterocycles. The number of thiocarbonyl (C=S) groups is 1. The van der Waals surface area contributed by atoms with Crippen molar-refractivity contribution >= 4 is 46.4 Å². The Morgan fingerprint density at radius 1 is 1.03 bits per heavy atom. The van der Waals surface area contributed by atoms with Crippen LogP contribution < -0.4 is 20.7 Å². The van der Waals surface area contributed by atoms with Crippen LogP contribution in [0, 0.1) is 0 Å². The topological polar surface area (TPSA) is 79.5 Å². The summed E-state index contributed by atoms with van der Waals surface area (Å²) in [5.74, 6) is -0.0514. The van der Waals surface area contributed by atoms with E-state index in [-0.39, 0.29) is 23.0 Å². The number of rotatable bonds is 9. The predicted octanol–water partition coefficient (Wildman–Crippen LogP) is 6.10. The van der Waals surface area contributed by atoms with Crippen LogP contribution in [-0.4, -0.2) is 29.6 Å². The lowest BCUT2D eigenvalue weighted by atomic mass is 9.95. The van der Waals surface area contributed by atoms with Gasteiger partial charge in [-0.25, -0.2) is 0 Å². The minimum absolute atomic E-state index is 0.117. The van der Waals surface area contributed by atoms with Crippen LogP contribution in [0.4, 0.5) is 5.69 Å². The van der Waals surface area contributed by atoms with E-state index < -0.39 is 0 Å². The highest BCUT2D eigenvalue weighted by Gasteiger charge is 2.19. The van der Waals surface area contributed by atoms with E-state index >= 15 is 0 Å². The van der Waals surface area contributed by atoms with Crippen molar-refractivity contribution in [2.45, 2.75) is 64.3 Å². The number of anilines is 1. The van der Waals surface area contributed by atoms with Gasteiger partial charge in [-0.05, 0) is 61.8 Å². The van der Waals surface area contributed by atoms with Crippen molar-refractivity contribution in [2.75, 3.05) is 11.9 Å². The highest BCUT2D eigenvalue weighted by atomic mass is 35.5. The quantitative estimate of drug-likeness (QED) is 0.286. The summed E-state index contributed by atoms with van der Waals surface area (Å²) < 4.78 is 5.79. The van der Waals surface area contributed by atoms with Crippen LogP contribution in [0.2, 0.25) is 5.02 Å². The van der Waals surface area contributed by atoms with Crippen molar-refractivity contribution in [3.63, 3.8) is 0 Å². The number of carbonyl (C=O) groups excluding carboxylic acids is 2. The molecule has 34 heavy (non-hydrogen) atoms. The normalized spacial score (nSPS) is 13.7. The van der Waals surface area contributed by atoms with Crippen LogP contribution in [0.15, 0.2) is 42.5 Å². The van der Waals surface area contributed by atoms with Gasteiger partial charge in [0.15, 0.2) is 5.11 Å². The Hall–Kier alpha value is -2.64. The highest BCUT2D eigenvalue weighted by molar-refractivity contribution is 7.80. The van der Waals surface area contributed by atoms with E-state index in [2.05, 4.69) is 22.9 Å². The van der Waals surface area contributed by atoms with Crippen molar-refractivity contribution in [1.82, 2.24) is 10.6 Å². The second-order valence-electron chi connectivity index (χ2n) is 8.46. The van der Waals surface area contributed by atoms with Gasteiger partial charge in [0.2, 0.25) is 0 Å². The number of benzene rings is 2. The summed E-state index contributed by atoms with van der Waals surface area (Å²) in [6.45, 7) is 2.68. The van der Waals surface area contributed by atoms with Crippen molar-refractivity contribution in [2.24, 2.45) is 0 Å². The van der Waals surface area contributed by atoms with Gasteiger partial charge >= 0.3 is 0 Å². The van der Waals surface area contributed by atoms with Crippen molar-refractivity contribution in [1.29, 1.82) is 0 Å². The van der Waals surface area contributed by atoms with Gasteiger partial charge < -0.3 is 15.4 Å². The third-order valence-corrected chi connectivity index (χ3v) is 6.31. The summed E-state index contributed by atoms with van der Waals surface area (Å²) in [5.41, 5.74) is 1.34. The van der Waals surface area contributed by atoms with E-state index in [4.69, 9.17) is 28.6 Å². The van der Waals surface area contributed by atoms with Crippen LogP contribution in [0.5, 0.6) is 5.75 Å². The Bertz CT molecular complexity index is 1010. The second kappa shape index (κ2) is 13.3. The lowest BCUT2D eigenvalue weighted by Gasteiger charge is -2.23. The molecular weight excluding hydrogens is 470 g/mol. The SMILES string of the molecule is CCCCCOc1ccccc1C(=O)NC(=S)Nc1ccc(Cl)c(C(=O)NC2CCCCC2)c1. The Labute approximate surface area is 211 Å². The molecule has 1 saturated carbocycles. The maximum atomic E-state index is 12.8. The fraction of sp³-hybridized carbons (Fsp3) is 0.423. The molecule has 0 aromatic heterocycles. The zero-order valence-electron chi connectivity index (χ0n) is 19.5. The Balaban J connectivity index is 1.60. The zero-order valence-corrected chi connectivity index (χ0v) is 21.1. The van der Waals surface area contributed by atoms with Crippen molar-refractivity contribution < 1.29 is 14.3 Å². The van der Waals surface area contributed by atoms with E-state index in [9.17, 15) is 9.59 Å². The maximum Gasteiger partial charge on any atom is 0.261 e. The first-order valence-corrected chi connectivity index (χ1v) is 12.7. The molecule has 0 saturated heterocycles. The van der Waals surface area contributed by atoms with Crippen LogP contribution in [0.1, 0.15) is 79.0 Å². The molecule has 1 aliphatic rings. The fourth-order valence-electron chi connectivity index (χ4n) is 3.93. The molecule has 2 amide bonds. The summed E-state index contributed by atoms with van der Waals surface area (Å²) in [4.78, 5) is 25.6. The van der Waals surface area contributed by atoms with Crippen LogP contribution in [-0.2, 0) is 0 Å². The van der Waals surface area contributed by atoms with E-state index in [1.54, 1.807) is 36.4 Å². The van der Waals surface area contributed by atoms with Crippen LogP contribution in [0.3, 0.4) is 0 Å². The van der Waals surface area contributed by atoms with Gasteiger partial charge in [0.05, 0.1) is 22.8 Å². The molecule has 0 aliphatic heterocycles. The first kappa shape index (κ1) is 26.0. The number of halogens is 1. The molecule has 0 bridgehead atoms. The molecule has 2 aromatic rings. The van der Waals surface area contributed by atoms with E-state index in [1.165, 1.54) is 6.42 Å². The van der Waals surface area contributed by atoms with Gasteiger partial charge in [-0.15, -0.1) is 0 Å². The van der Waals surface area contributed by atoms with Gasteiger partial charge in [-0.1, -0.05) is 62.8 Å². The molecule has 0 radical (unpaired) electrons. The first-order chi connectivity index (χ1) is 16.5. The molecule has 3 rings (SSSR count). The number of ether oxygens (including phenoxy) is 1. The molecule has 182 valence electrons. The van der Waals surface area contributed by atoms with Crippen LogP contribution >= 0.6 is 23.8 Å². The summed E-state index contributed by atoms with van der Waals surface area (Å²) in [6, 6.07) is 12.3. The summed E-state index contributed by atoms with van der Waals surface area (Å²) in [7, 11) is 0. The molecule has 0 unspecified atom stereocenters. The highest BCUT2D eigenvalue weighted by Crippen LogP contribution is 2.23. The largest absolute Gasteiger partial charge is 0.493 e. The number of hydrogen-bond acceptors (Lipinski definition) is 4. The van der Waals surface area contributed by atoms with Gasteiger partial charge in [0.1, 0.15) is 5.75 Å². The lowest BCUT2D eigenvalue weighted by Crippen LogP contribution is -2.36.